The van der Waals surface area contributed by atoms with Gasteiger partial charge in [-0.15, -0.1) is 11.6 Å². The molecule has 0 atom stereocenters. The highest BCUT2D eigenvalue weighted by atomic mass is 35.5. The minimum atomic E-state index is -4.46. The van der Waals surface area contributed by atoms with Crippen molar-refractivity contribution >= 4 is 29.0 Å². The number of ether oxygens (including phenoxy) is 1. The highest BCUT2D eigenvalue weighted by molar-refractivity contribution is 6.33. The van der Waals surface area contributed by atoms with Crippen molar-refractivity contribution in [2.75, 3.05) is 37.6 Å². The van der Waals surface area contributed by atoms with E-state index in [4.69, 9.17) is 27.9 Å². The lowest BCUT2D eigenvalue weighted by Gasteiger charge is -2.23. The number of anilines is 1. The van der Waals surface area contributed by atoms with Gasteiger partial charge in [-0.3, -0.25) is 0 Å². The Balaban J connectivity index is 2.97. The average Bonchev–Trinajstić information content (AvgIpc) is 2.33. The predicted octanol–water partition coefficient (Wildman–Crippen LogP) is 3.45. The zero-order valence-electron chi connectivity index (χ0n) is 10.2. The fourth-order valence-electron chi connectivity index (χ4n) is 1.45. The van der Waals surface area contributed by atoms with Crippen LogP contribution in [0, 0.1) is 0 Å². The standard InChI is InChI=1S/C11H13Cl2F3N2O/c1-19-5-4-18(3-2-12)10-9(13)6-8(7-17-10)11(14,15)16/h6-7H,2-5H2,1H3. The Hall–Kier alpha value is -0.720. The number of alkyl halides is 4. The lowest BCUT2D eigenvalue weighted by atomic mass is 10.2. The van der Waals surface area contributed by atoms with Crippen molar-refractivity contribution in [3.8, 4) is 0 Å². The van der Waals surface area contributed by atoms with Gasteiger partial charge in [-0.1, -0.05) is 11.6 Å². The molecule has 0 N–H and O–H groups in total. The Labute approximate surface area is 119 Å². The molecule has 0 bridgehead atoms. The molecule has 1 rings (SSSR count). The van der Waals surface area contributed by atoms with Gasteiger partial charge in [0.15, 0.2) is 0 Å². The molecule has 19 heavy (non-hydrogen) atoms. The summed E-state index contributed by atoms with van der Waals surface area (Å²) in [5.74, 6) is 0.579. The van der Waals surface area contributed by atoms with Crippen molar-refractivity contribution in [2.45, 2.75) is 6.18 Å². The van der Waals surface area contributed by atoms with Crippen LogP contribution in [0.5, 0.6) is 0 Å². The van der Waals surface area contributed by atoms with E-state index < -0.39 is 11.7 Å². The molecule has 8 heteroatoms. The summed E-state index contributed by atoms with van der Waals surface area (Å²) >= 11 is 11.5. The van der Waals surface area contributed by atoms with E-state index in [0.717, 1.165) is 12.3 Å². The van der Waals surface area contributed by atoms with E-state index in [9.17, 15) is 13.2 Å². The number of methoxy groups -OCH3 is 1. The molecule has 0 saturated carbocycles. The quantitative estimate of drug-likeness (QED) is 0.752. The molecule has 1 aromatic heterocycles. The van der Waals surface area contributed by atoms with Gasteiger partial charge in [0.1, 0.15) is 5.82 Å². The van der Waals surface area contributed by atoms with Crippen LogP contribution in [0.15, 0.2) is 12.3 Å². The van der Waals surface area contributed by atoms with E-state index in [1.807, 2.05) is 0 Å². The van der Waals surface area contributed by atoms with Gasteiger partial charge in [-0.2, -0.15) is 13.2 Å². The zero-order valence-corrected chi connectivity index (χ0v) is 11.7. The number of nitrogens with zero attached hydrogens (tertiary/aromatic N) is 2. The Morgan fingerprint density at radius 3 is 2.53 bits per heavy atom. The fraction of sp³-hybridized carbons (Fsp3) is 0.545. The van der Waals surface area contributed by atoms with E-state index in [0.29, 0.717) is 25.6 Å². The monoisotopic (exact) mass is 316 g/mol. The minimum absolute atomic E-state index is 0.0592. The molecule has 0 aliphatic heterocycles. The molecule has 0 saturated heterocycles. The summed E-state index contributed by atoms with van der Waals surface area (Å²) in [5, 5.41) is -0.0592. The lowest BCUT2D eigenvalue weighted by Crippen LogP contribution is -2.30. The molecule has 1 heterocycles. The second-order valence-electron chi connectivity index (χ2n) is 3.70. The zero-order chi connectivity index (χ0) is 14.5. The molecule has 0 aliphatic carbocycles. The normalized spacial score (nSPS) is 11.7. The summed E-state index contributed by atoms with van der Waals surface area (Å²) < 4.78 is 42.4. The van der Waals surface area contributed by atoms with Gasteiger partial charge < -0.3 is 9.64 Å². The Morgan fingerprint density at radius 2 is 2.05 bits per heavy atom. The van der Waals surface area contributed by atoms with Gasteiger partial charge >= 0.3 is 6.18 Å². The first-order chi connectivity index (χ1) is 8.90. The van der Waals surface area contributed by atoms with Crippen molar-refractivity contribution < 1.29 is 17.9 Å². The van der Waals surface area contributed by atoms with Crippen LogP contribution in [0.2, 0.25) is 5.02 Å². The van der Waals surface area contributed by atoms with Crippen LogP contribution >= 0.6 is 23.2 Å². The number of hydrogen-bond donors (Lipinski definition) is 0. The van der Waals surface area contributed by atoms with E-state index >= 15 is 0 Å². The Kier molecular flexibility index (Phi) is 6.16. The molecule has 0 amide bonds. The highest BCUT2D eigenvalue weighted by Crippen LogP contribution is 2.33. The maximum atomic E-state index is 12.5. The van der Waals surface area contributed by atoms with Crippen LogP contribution in [-0.4, -0.2) is 37.7 Å². The van der Waals surface area contributed by atoms with Crippen molar-refractivity contribution in [2.24, 2.45) is 0 Å². The summed E-state index contributed by atoms with van der Waals surface area (Å²) in [7, 11) is 1.53. The summed E-state index contributed by atoms with van der Waals surface area (Å²) in [6, 6.07) is 0.859. The second kappa shape index (κ2) is 7.17. The molecule has 3 nitrogen and oxygen atoms in total. The molecule has 0 unspecified atom stereocenters. The van der Waals surface area contributed by atoms with Crippen LogP contribution in [-0.2, 0) is 10.9 Å². The topological polar surface area (TPSA) is 25.4 Å². The number of rotatable bonds is 6. The van der Waals surface area contributed by atoms with Gasteiger partial charge in [0.25, 0.3) is 0 Å². The van der Waals surface area contributed by atoms with Gasteiger partial charge in [0.05, 0.1) is 17.2 Å². The van der Waals surface area contributed by atoms with Crippen molar-refractivity contribution in [3.63, 3.8) is 0 Å². The van der Waals surface area contributed by atoms with Gasteiger partial charge in [-0.05, 0) is 6.07 Å². The average molecular weight is 317 g/mol. The predicted molar refractivity (Wildman–Crippen MR) is 69.1 cm³/mol. The van der Waals surface area contributed by atoms with Crippen molar-refractivity contribution in [1.29, 1.82) is 0 Å². The molecule has 0 radical (unpaired) electrons. The van der Waals surface area contributed by atoms with Crippen LogP contribution in [0.3, 0.4) is 0 Å². The fourth-order valence-corrected chi connectivity index (χ4v) is 1.94. The molecule has 1 aromatic rings. The highest BCUT2D eigenvalue weighted by Gasteiger charge is 2.32. The number of hydrogen-bond acceptors (Lipinski definition) is 3. The van der Waals surface area contributed by atoms with E-state index in [2.05, 4.69) is 4.98 Å². The molecule has 108 valence electrons. The molecule has 0 fully saturated rings. The van der Waals surface area contributed by atoms with E-state index in [1.54, 1.807) is 4.90 Å². The lowest BCUT2D eigenvalue weighted by molar-refractivity contribution is -0.137. The number of pyridine rings is 1. The largest absolute Gasteiger partial charge is 0.417 e. The van der Waals surface area contributed by atoms with Gasteiger partial charge in [0.2, 0.25) is 0 Å². The maximum absolute atomic E-state index is 12.5. The molecular formula is C11H13Cl2F3N2O. The van der Waals surface area contributed by atoms with Gasteiger partial charge in [-0.25, -0.2) is 4.98 Å². The van der Waals surface area contributed by atoms with Crippen LogP contribution < -0.4 is 4.90 Å². The number of halogens is 5. The second-order valence-corrected chi connectivity index (χ2v) is 4.48. The smallest absolute Gasteiger partial charge is 0.383 e. The van der Waals surface area contributed by atoms with Crippen molar-refractivity contribution in [3.05, 3.63) is 22.8 Å². The summed E-state index contributed by atoms with van der Waals surface area (Å²) in [5.41, 5.74) is -0.876. The Bertz CT molecular complexity index is 415. The third-order valence-electron chi connectivity index (χ3n) is 2.37. The van der Waals surface area contributed by atoms with Gasteiger partial charge in [0, 0.05) is 32.3 Å². The van der Waals surface area contributed by atoms with Crippen molar-refractivity contribution in [1.82, 2.24) is 4.98 Å². The molecular weight excluding hydrogens is 304 g/mol. The minimum Gasteiger partial charge on any atom is -0.383 e. The summed E-state index contributed by atoms with van der Waals surface area (Å²) in [4.78, 5) is 5.46. The van der Waals surface area contributed by atoms with E-state index in [-0.39, 0.29) is 10.8 Å². The SMILES string of the molecule is COCCN(CCCl)c1ncc(C(F)(F)F)cc1Cl. The summed E-state index contributed by atoms with van der Waals surface area (Å²) in [6.07, 6.45) is -3.70. The van der Waals surface area contributed by atoms with Crippen LogP contribution in [0.1, 0.15) is 5.56 Å². The van der Waals surface area contributed by atoms with Crippen LogP contribution in [0.25, 0.3) is 0 Å². The molecule has 0 spiro atoms. The maximum Gasteiger partial charge on any atom is 0.417 e. The van der Waals surface area contributed by atoms with E-state index in [1.165, 1.54) is 7.11 Å². The Morgan fingerprint density at radius 1 is 1.37 bits per heavy atom. The first kappa shape index (κ1) is 16.3. The third-order valence-corrected chi connectivity index (χ3v) is 2.82. The third kappa shape index (κ3) is 4.71. The summed E-state index contributed by atoms with van der Waals surface area (Å²) in [6.45, 7) is 1.26. The first-order valence-corrected chi connectivity index (χ1v) is 6.34. The molecule has 0 aliphatic rings. The first-order valence-electron chi connectivity index (χ1n) is 5.42. The van der Waals surface area contributed by atoms with Crippen LogP contribution in [0.4, 0.5) is 19.0 Å². The number of aromatic nitrogens is 1. The molecule has 0 aromatic carbocycles.